The van der Waals surface area contributed by atoms with Crippen molar-refractivity contribution >= 4 is 23.8 Å². The van der Waals surface area contributed by atoms with Crippen molar-refractivity contribution in [2.24, 2.45) is 4.99 Å². The summed E-state index contributed by atoms with van der Waals surface area (Å²) in [6, 6.07) is 16.8. The summed E-state index contributed by atoms with van der Waals surface area (Å²) in [6.45, 7) is 1.57. The predicted octanol–water partition coefficient (Wildman–Crippen LogP) is 2.30. The van der Waals surface area contributed by atoms with Gasteiger partial charge in [-0.3, -0.25) is 4.79 Å². The molecule has 3 heterocycles. The molecule has 23 heavy (non-hydrogen) atoms. The number of hydrogen-bond donors (Lipinski definition) is 0. The van der Waals surface area contributed by atoms with Crippen LogP contribution in [0.15, 0.2) is 53.7 Å². The molecule has 4 rings (SSSR count). The number of benzene rings is 1. The SMILES string of the molecule is O=C1N=CN(c2ccccc2)C12CCN(c1cc[c]cn1)CC2. The van der Waals surface area contributed by atoms with Gasteiger partial charge in [-0.2, -0.15) is 0 Å². The lowest BCUT2D eigenvalue weighted by Gasteiger charge is -2.43. The van der Waals surface area contributed by atoms with Gasteiger partial charge in [-0.25, -0.2) is 9.98 Å². The van der Waals surface area contributed by atoms with Crippen LogP contribution in [0.3, 0.4) is 0 Å². The van der Waals surface area contributed by atoms with Crippen molar-refractivity contribution in [1.82, 2.24) is 4.98 Å². The number of amides is 1. The number of nitrogens with zero attached hydrogens (tertiary/aromatic N) is 4. The second-order valence-corrected chi connectivity index (χ2v) is 5.89. The molecule has 1 spiro atoms. The highest BCUT2D eigenvalue weighted by molar-refractivity contribution is 6.08. The molecule has 0 aliphatic carbocycles. The number of pyridine rings is 1. The van der Waals surface area contributed by atoms with E-state index in [2.05, 4.69) is 20.9 Å². The monoisotopic (exact) mass is 305 g/mol. The molecule has 2 aliphatic rings. The molecule has 1 aromatic carbocycles. The van der Waals surface area contributed by atoms with E-state index in [1.165, 1.54) is 0 Å². The fourth-order valence-electron chi connectivity index (χ4n) is 3.41. The van der Waals surface area contributed by atoms with Crippen molar-refractivity contribution in [3.63, 3.8) is 0 Å². The first-order valence-corrected chi connectivity index (χ1v) is 7.80. The third kappa shape index (κ3) is 2.29. The minimum Gasteiger partial charge on any atom is -0.356 e. The van der Waals surface area contributed by atoms with Crippen molar-refractivity contribution in [2.45, 2.75) is 18.4 Å². The third-order valence-corrected chi connectivity index (χ3v) is 4.70. The van der Waals surface area contributed by atoms with Crippen molar-refractivity contribution in [1.29, 1.82) is 0 Å². The van der Waals surface area contributed by atoms with Crippen molar-refractivity contribution in [3.05, 3.63) is 54.7 Å². The Morgan fingerprint density at radius 2 is 1.87 bits per heavy atom. The van der Waals surface area contributed by atoms with Crippen LogP contribution >= 0.6 is 0 Å². The van der Waals surface area contributed by atoms with E-state index in [-0.39, 0.29) is 5.91 Å². The minimum absolute atomic E-state index is 0.0321. The van der Waals surface area contributed by atoms with Crippen molar-refractivity contribution in [2.75, 3.05) is 22.9 Å². The minimum atomic E-state index is -0.543. The Morgan fingerprint density at radius 3 is 2.57 bits per heavy atom. The highest BCUT2D eigenvalue weighted by atomic mass is 16.2. The van der Waals surface area contributed by atoms with Gasteiger partial charge >= 0.3 is 0 Å². The maximum Gasteiger partial charge on any atom is 0.273 e. The van der Waals surface area contributed by atoms with Gasteiger partial charge in [0, 0.05) is 31.0 Å². The molecule has 0 N–H and O–H groups in total. The fraction of sp³-hybridized carbons (Fsp3) is 0.278. The Labute approximate surface area is 135 Å². The number of hydrogen-bond acceptors (Lipinski definition) is 4. The van der Waals surface area contributed by atoms with Crippen LogP contribution in [0.25, 0.3) is 0 Å². The maximum absolute atomic E-state index is 12.5. The van der Waals surface area contributed by atoms with Crippen LogP contribution < -0.4 is 9.80 Å². The number of anilines is 2. The largest absolute Gasteiger partial charge is 0.356 e. The topological polar surface area (TPSA) is 48.8 Å². The molecule has 0 unspecified atom stereocenters. The summed E-state index contributed by atoms with van der Waals surface area (Å²) < 4.78 is 0. The van der Waals surface area contributed by atoms with Crippen LogP contribution in [-0.2, 0) is 4.79 Å². The Morgan fingerprint density at radius 1 is 1.09 bits per heavy atom. The van der Waals surface area contributed by atoms with Gasteiger partial charge in [0.1, 0.15) is 11.4 Å². The normalized spacial score (nSPS) is 19.6. The van der Waals surface area contributed by atoms with E-state index >= 15 is 0 Å². The summed E-state index contributed by atoms with van der Waals surface area (Å²) in [6.07, 6.45) is 4.84. The first kappa shape index (κ1) is 13.9. The Balaban J connectivity index is 1.58. The molecule has 115 valence electrons. The lowest BCUT2D eigenvalue weighted by Crippen LogP contribution is -2.56. The van der Waals surface area contributed by atoms with E-state index in [0.717, 1.165) is 37.4 Å². The molecule has 1 fully saturated rings. The third-order valence-electron chi connectivity index (χ3n) is 4.70. The fourth-order valence-corrected chi connectivity index (χ4v) is 3.41. The van der Waals surface area contributed by atoms with Gasteiger partial charge in [0.25, 0.3) is 5.91 Å². The zero-order valence-electron chi connectivity index (χ0n) is 12.7. The summed E-state index contributed by atoms with van der Waals surface area (Å²) in [7, 11) is 0. The first-order chi connectivity index (χ1) is 11.3. The molecule has 1 aromatic heterocycles. The molecule has 0 saturated carbocycles. The van der Waals surface area contributed by atoms with Crippen LogP contribution in [0.1, 0.15) is 12.8 Å². The number of carbonyl (C=O) groups excluding carboxylic acids is 1. The number of carbonyl (C=O) groups is 1. The average Bonchev–Trinajstić information content (AvgIpc) is 2.93. The van der Waals surface area contributed by atoms with Crippen molar-refractivity contribution < 1.29 is 4.79 Å². The van der Waals surface area contributed by atoms with Crippen LogP contribution in [0.2, 0.25) is 0 Å². The summed E-state index contributed by atoms with van der Waals surface area (Å²) in [5.74, 6) is 0.909. The summed E-state index contributed by atoms with van der Waals surface area (Å²) >= 11 is 0. The van der Waals surface area contributed by atoms with E-state index in [9.17, 15) is 4.79 Å². The molecule has 1 radical (unpaired) electrons. The molecule has 0 bridgehead atoms. The van der Waals surface area contributed by atoms with Gasteiger partial charge < -0.3 is 9.80 Å². The second kappa shape index (κ2) is 5.50. The van der Waals surface area contributed by atoms with E-state index in [1.54, 1.807) is 12.5 Å². The Bertz CT molecular complexity index is 721. The standard InChI is InChI=1S/C18H17N4O/c23-17-18(22(14-20-17)15-6-2-1-3-7-15)9-12-21(13-10-18)16-8-4-5-11-19-16/h1-4,6-8,11,14H,9-10,12-13H2. The number of aromatic nitrogens is 1. The lowest BCUT2D eigenvalue weighted by molar-refractivity contribution is -0.122. The van der Waals surface area contributed by atoms with Crippen molar-refractivity contribution in [3.8, 4) is 0 Å². The molecule has 2 aromatic rings. The van der Waals surface area contributed by atoms with Crippen LogP contribution in [-0.4, -0.2) is 35.9 Å². The summed E-state index contributed by atoms with van der Waals surface area (Å²) in [5.41, 5.74) is 0.474. The highest BCUT2D eigenvalue weighted by Gasteiger charge is 2.49. The zero-order chi connectivity index (χ0) is 15.7. The second-order valence-electron chi connectivity index (χ2n) is 5.89. The maximum atomic E-state index is 12.5. The van der Waals surface area contributed by atoms with E-state index in [0.29, 0.717) is 0 Å². The summed E-state index contributed by atoms with van der Waals surface area (Å²) in [5, 5.41) is 0. The van der Waals surface area contributed by atoms with E-state index in [4.69, 9.17) is 0 Å². The van der Waals surface area contributed by atoms with Gasteiger partial charge in [0.2, 0.25) is 0 Å². The quantitative estimate of drug-likeness (QED) is 0.854. The van der Waals surface area contributed by atoms with Gasteiger partial charge in [-0.05, 0) is 37.1 Å². The molecule has 5 nitrogen and oxygen atoms in total. The molecule has 0 atom stereocenters. The van der Waals surface area contributed by atoms with Crippen LogP contribution in [0, 0.1) is 6.07 Å². The highest BCUT2D eigenvalue weighted by Crippen LogP contribution is 2.37. The predicted molar refractivity (Wildman–Crippen MR) is 89.7 cm³/mol. The zero-order valence-corrected chi connectivity index (χ0v) is 12.7. The number of rotatable bonds is 2. The van der Waals surface area contributed by atoms with Gasteiger partial charge in [0.15, 0.2) is 0 Å². The van der Waals surface area contributed by atoms with Gasteiger partial charge in [0.05, 0.1) is 6.34 Å². The van der Waals surface area contributed by atoms with E-state index < -0.39 is 5.54 Å². The molecular weight excluding hydrogens is 288 g/mol. The number of para-hydroxylation sites is 1. The average molecular weight is 305 g/mol. The molecule has 1 saturated heterocycles. The smallest absolute Gasteiger partial charge is 0.273 e. The molecule has 2 aliphatic heterocycles. The molecular formula is C18H17N4O. The van der Waals surface area contributed by atoms with Gasteiger partial charge in [-0.1, -0.05) is 18.2 Å². The molecule has 5 heteroatoms. The van der Waals surface area contributed by atoms with Gasteiger partial charge in [-0.15, -0.1) is 0 Å². The Kier molecular flexibility index (Phi) is 3.33. The number of aliphatic imine (C=N–C) groups is 1. The van der Waals surface area contributed by atoms with Crippen LogP contribution in [0.5, 0.6) is 0 Å². The Hall–Kier alpha value is -2.69. The molecule has 1 amide bonds. The van der Waals surface area contributed by atoms with Crippen LogP contribution in [0.4, 0.5) is 11.5 Å². The first-order valence-electron chi connectivity index (χ1n) is 7.80. The summed E-state index contributed by atoms with van der Waals surface area (Å²) in [4.78, 5) is 25.2. The number of piperidine rings is 1. The van der Waals surface area contributed by atoms with E-state index in [1.807, 2.05) is 47.4 Å². The lowest BCUT2D eigenvalue weighted by atomic mass is 9.85.